The number of carbonyl (C=O) groups excluding carboxylic acids is 2. The first-order valence-corrected chi connectivity index (χ1v) is 12.7. The molecule has 33 heavy (non-hydrogen) atoms. The molecule has 0 saturated carbocycles. The van der Waals surface area contributed by atoms with Crippen LogP contribution in [0.1, 0.15) is 34.8 Å². The van der Waals surface area contributed by atoms with Crippen LogP contribution < -0.4 is 10.0 Å². The Kier molecular flexibility index (Phi) is 8.10. The van der Waals surface area contributed by atoms with Crippen LogP contribution in [0.25, 0.3) is 0 Å². The van der Waals surface area contributed by atoms with Gasteiger partial charge in [0.25, 0.3) is 15.9 Å². The van der Waals surface area contributed by atoms with Crippen LogP contribution >= 0.6 is 0 Å². The van der Waals surface area contributed by atoms with Gasteiger partial charge in [-0.3, -0.25) is 19.2 Å². The molecule has 2 aromatic carbocycles. The monoisotopic (exact) mass is 472 g/mol. The molecule has 8 nitrogen and oxygen atoms in total. The number of sulfonamides is 1. The number of likely N-dealkylation sites (N-methyl/N-ethyl adjacent to an activating group) is 1. The van der Waals surface area contributed by atoms with Crippen LogP contribution in [0.4, 0.5) is 5.69 Å². The highest BCUT2D eigenvalue weighted by atomic mass is 32.2. The highest BCUT2D eigenvalue weighted by Gasteiger charge is 2.22. The number of nitrogens with one attached hydrogen (secondary N) is 2. The van der Waals surface area contributed by atoms with Crippen molar-refractivity contribution >= 4 is 27.5 Å². The fourth-order valence-corrected chi connectivity index (χ4v) is 4.89. The third-order valence-electron chi connectivity index (χ3n) is 5.79. The van der Waals surface area contributed by atoms with Gasteiger partial charge in [-0.05, 0) is 74.7 Å². The van der Waals surface area contributed by atoms with Crippen molar-refractivity contribution in [2.24, 2.45) is 0 Å². The van der Waals surface area contributed by atoms with Gasteiger partial charge in [-0.15, -0.1) is 0 Å². The molecular weight excluding hydrogens is 440 g/mol. The lowest BCUT2D eigenvalue weighted by Gasteiger charge is -2.22. The molecule has 0 radical (unpaired) electrons. The second kappa shape index (κ2) is 10.8. The number of aryl methyl sites for hydroxylation is 2. The predicted molar refractivity (Wildman–Crippen MR) is 129 cm³/mol. The molecule has 1 aliphatic heterocycles. The van der Waals surface area contributed by atoms with Crippen LogP contribution in [0.3, 0.4) is 0 Å². The number of hydrogen-bond donors (Lipinski definition) is 2. The number of hydrogen-bond acceptors (Lipinski definition) is 5. The summed E-state index contributed by atoms with van der Waals surface area (Å²) in [6, 6.07) is 11.5. The van der Waals surface area contributed by atoms with Crippen molar-refractivity contribution < 1.29 is 18.0 Å². The summed E-state index contributed by atoms with van der Waals surface area (Å²) >= 11 is 0. The van der Waals surface area contributed by atoms with Crippen molar-refractivity contribution in [3.63, 3.8) is 0 Å². The molecule has 2 aromatic rings. The van der Waals surface area contributed by atoms with E-state index >= 15 is 0 Å². The summed E-state index contributed by atoms with van der Waals surface area (Å²) in [6.07, 6.45) is 0.791. The Morgan fingerprint density at radius 3 is 2.33 bits per heavy atom. The van der Waals surface area contributed by atoms with E-state index in [2.05, 4.69) is 14.9 Å². The van der Waals surface area contributed by atoms with Crippen LogP contribution in [0.5, 0.6) is 0 Å². The summed E-state index contributed by atoms with van der Waals surface area (Å²) in [4.78, 5) is 28.8. The van der Waals surface area contributed by atoms with Crippen molar-refractivity contribution in [3.05, 3.63) is 59.2 Å². The molecule has 1 aliphatic rings. The van der Waals surface area contributed by atoms with Crippen LogP contribution in [-0.2, 0) is 14.8 Å². The second-order valence-corrected chi connectivity index (χ2v) is 9.99. The fraction of sp³-hybridized carbons (Fsp3) is 0.417. The average molecular weight is 473 g/mol. The number of anilines is 1. The summed E-state index contributed by atoms with van der Waals surface area (Å²) < 4.78 is 28.0. The van der Waals surface area contributed by atoms with Crippen molar-refractivity contribution in [1.29, 1.82) is 0 Å². The van der Waals surface area contributed by atoms with Gasteiger partial charge in [0.05, 0.1) is 11.4 Å². The van der Waals surface area contributed by atoms with E-state index in [9.17, 15) is 18.0 Å². The Morgan fingerprint density at radius 1 is 0.939 bits per heavy atom. The summed E-state index contributed by atoms with van der Waals surface area (Å²) in [6.45, 7) is 9.19. The summed E-state index contributed by atoms with van der Waals surface area (Å²) in [5.41, 5.74) is 2.83. The summed E-state index contributed by atoms with van der Waals surface area (Å²) in [5.74, 6) is -0.102. The van der Waals surface area contributed by atoms with E-state index in [1.807, 2.05) is 20.8 Å². The number of amides is 2. The lowest BCUT2D eigenvalue weighted by molar-refractivity contribution is -0.122. The van der Waals surface area contributed by atoms with Gasteiger partial charge in [0, 0.05) is 44.0 Å². The molecule has 0 aliphatic carbocycles. The van der Waals surface area contributed by atoms with Crippen molar-refractivity contribution in [3.8, 4) is 0 Å². The number of carbonyl (C=O) groups is 2. The minimum Gasteiger partial charge on any atom is -0.355 e. The van der Waals surface area contributed by atoms with E-state index in [0.717, 1.165) is 24.1 Å². The third-order valence-corrected chi connectivity index (χ3v) is 7.17. The van der Waals surface area contributed by atoms with E-state index in [4.69, 9.17) is 0 Å². The summed E-state index contributed by atoms with van der Waals surface area (Å²) in [5, 5.41) is 2.80. The lowest BCUT2D eigenvalue weighted by atomic mass is 10.1. The molecule has 0 spiro atoms. The molecule has 2 amide bonds. The molecular formula is C24H32N4O4S. The zero-order chi connectivity index (χ0) is 24.0. The van der Waals surface area contributed by atoms with E-state index < -0.39 is 10.0 Å². The van der Waals surface area contributed by atoms with Gasteiger partial charge < -0.3 is 10.2 Å². The Bertz CT molecular complexity index is 1100. The van der Waals surface area contributed by atoms with Crippen LogP contribution in [0.15, 0.2) is 47.4 Å². The Balaban J connectivity index is 1.62. The highest BCUT2D eigenvalue weighted by Crippen LogP contribution is 2.20. The van der Waals surface area contributed by atoms with Gasteiger partial charge >= 0.3 is 0 Å². The maximum Gasteiger partial charge on any atom is 0.261 e. The average Bonchev–Trinajstić information content (AvgIpc) is 3.01. The molecule has 178 valence electrons. The molecule has 2 N–H and O–H groups in total. The van der Waals surface area contributed by atoms with Gasteiger partial charge in [0.15, 0.2) is 0 Å². The Hall–Kier alpha value is -2.91. The second-order valence-electron chi connectivity index (χ2n) is 8.30. The largest absolute Gasteiger partial charge is 0.355 e. The SMILES string of the molecule is CCNC(=O)CN1CCCN(C(=O)c2ccc(NS(=O)(=O)c3ccc(C)c(C)c3)cc2)CC1. The van der Waals surface area contributed by atoms with Crippen LogP contribution in [0, 0.1) is 13.8 Å². The molecule has 1 fully saturated rings. The molecule has 0 aromatic heterocycles. The topological polar surface area (TPSA) is 98.8 Å². The molecule has 9 heteroatoms. The first-order chi connectivity index (χ1) is 15.7. The van der Waals surface area contributed by atoms with Crippen LogP contribution in [-0.4, -0.2) is 69.3 Å². The first-order valence-electron chi connectivity index (χ1n) is 11.2. The number of rotatable bonds is 7. The molecule has 0 bridgehead atoms. The summed E-state index contributed by atoms with van der Waals surface area (Å²) in [7, 11) is -3.71. The molecule has 0 unspecified atom stereocenters. The van der Waals surface area contributed by atoms with E-state index in [1.54, 1.807) is 47.4 Å². The van der Waals surface area contributed by atoms with Gasteiger partial charge in [-0.1, -0.05) is 6.07 Å². The minimum atomic E-state index is -3.71. The van der Waals surface area contributed by atoms with Gasteiger partial charge in [-0.25, -0.2) is 8.42 Å². The van der Waals surface area contributed by atoms with Crippen molar-refractivity contribution in [2.45, 2.75) is 32.1 Å². The molecule has 1 heterocycles. The Labute approximate surface area is 196 Å². The maximum absolute atomic E-state index is 13.0. The van der Waals surface area contributed by atoms with Crippen molar-refractivity contribution in [1.82, 2.24) is 15.1 Å². The minimum absolute atomic E-state index is 0.00360. The van der Waals surface area contributed by atoms with Gasteiger partial charge in [0.2, 0.25) is 5.91 Å². The highest BCUT2D eigenvalue weighted by molar-refractivity contribution is 7.92. The standard InChI is InChI=1S/C24H32N4O4S/c1-4-25-23(29)17-27-12-5-13-28(15-14-27)24(30)20-7-9-21(10-8-20)26-33(31,32)22-11-6-18(2)19(3)16-22/h6-11,16,26H,4-5,12-15,17H2,1-3H3,(H,25,29). The molecule has 0 atom stereocenters. The Morgan fingerprint density at radius 2 is 1.67 bits per heavy atom. The van der Waals surface area contributed by atoms with E-state index in [1.165, 1.54) is 0 Å². The molecule has 1 saturated heterocycles. The van der Waals surface area contributed by atoms with Gasteiger partial charge in [-0.2, -0.15) is 0 Å². The third kappa shape index (κ3) is 6.55. The molecule has 3 rings (SSSR count). The number of benzene rings is 2. The fourth-order valence-electron chi connectivity index (χ4n) is 3.75. The normalized spacial score (nSPS) is 15.1. The first kappa shape index (κ1) is 24.7. The smallest absolute Gasteiger partial charge is 0.261 e. The zero-order valence-corrected chi connectivity index (χ0v) is 20.2. The van der Waals surface area contributed by atoms with Crippen molar-refractivity contribution in [2.75, 3.05) is 44.0 Å². The van der Waals surface area contributed by atoms with Crippen LogP contribution in [0.2, 0.25) is 0 Å². The zero-order valence-electron chi connectivity index (χ0n) is 19.4. The van der Waals surface area contributed by atoms with E-state index in [0.29, 0.717) is 44.0 Å². The lowest BCUT2D eigenvalue weighted by Crippen LogP contribution is -2.40. The quantitative estimate of drug-likeness (QED) is 0.645. The maximum atomic E-state index is 13.0. The predicted octanol–water partition coefficient (Wildman–Crippen LogP) is 2.39. The number of nitrogens with zero attached hydrogens (tertiary/aromatic N) is 2. The van der Waals surface area contributed by atoms with E-state index in [-0.39, 0.29) is 16.7 Å². The van der Waals surface area contributed by atoms with Gasteiger partial charge in [0.1, 0.15) is 0 Å².